The molecule has 0 aliphatic heterocycles. The Hall–Kier alpha value is 0.340. The fraction of sp³-hybridized carbons (Fsp3) is 0.250. The molecule has 0 fully saturated rings. The Balaban J connectivity index is 3.11. The van der Waals surface area contributed by atoms with Crippen LogP contribution in [-0.2, 0) is 0 Å². The van der Waals surface area contributed by atoms with Crippen molar-refractivity contribution in [3.8, 4) is 0 Å². The third-order valence-electron chi connectivity index (χ3n) is 1.63. The van der Waals surface area contributed by atoms with Gasteiger partial charge in [0.05, 0.1) is 5.33 Å². The maximum absolute atomic E-state index is 13.2. The minimum absolute atomic E-state index is 0.175. The van der Waals surface area contributed by atoms with Crippen LogP contribution in [0.3, 0.4) is 0 Å². The summed E-state index contributed by atoms with van der Waals surface area (Å²) in [5.74, 6) is -0.175. The van der Waals surface area contributed by atoms with Gasteiger partial charge in [0.2, 0.25) is 0 Å². The molecule has 0 saturated heterocycles. The Morgan fingerprint density at radius 2 is 1.92 bits per heavy atom. The van der Waals surface area contributed by atoms with Gasteiger partial charge >= 0.3 is 0 Å². The largest absolute Gasteiger partial charge is 0.378 e. The van der Waals surface area contributed by atoms with E-state index in [4.69, 9.17) is 0 Å². The smallest absolute Gasteiger partial charge is 0.132 e. The first-order valence-electron chi connectivity index (χ1n) is 3.61. The van der Waals surface area contributed by atoms with Crippen LogP contribution in [0.4, 0.5) is 10.1 Å². The Morgan fingerprint density at radius 3 is 2.38 bits per heavy atom. The number of hydrogen-bond acceptors (Lipinski definition) is 1. The van der Waals surface area contributed by atoms with E-state index in [1.807, 2.05) is 25.1 Å². The predicted molar refractivity (Wildman–Crippen MR) is 65.1 cm³/mol. The van der Waals surface area contributed by atoms with Crippen molar-refractivity contribution in [1.82, 2.24) is 0 Å². The number of hydrogen-bond donors (Lipinski definition) is 0. The summed E-state index contributed by atoms with van der Waals surface area (Å²) in [6, 6.07) is 5.09. The summed E-state index contributed by atoms with van der Waals surface area (Å²) < 4.78 is 13.2. The first-order valence-corrected chi connectivity index (χ1v) is 8.99. The Morgan fingerprint density at radius 1 is 1.31 bits per heavy atom. The van der Waals surface area contributed by atoms with Crippen molar-refractivity contribution < 1.29 is 4.39 Å². The van der Waals surface area contributed by atoms with Crippen LogP contribution in [0.15, 0.2) is 18.2 Å². The molecule has 0 aliphatic rings. The number of rotatable bonds is 2. The van der Waals surface area contributed by atoms with E-state index in [0.717, 1.165) is 5.69 Å². The van der Waals surface area contributed by atoms with Gasteiger partial charge in [0.1, 0.15) is 5.82 Å². The van der Waals surface area contributed by atoms with E-state index < -0.39 is 5.33 Å². The SMILES string of the molecule is CN(C)c1ccc(F)c(P(Br)Br)c1. The molecule has 1 rings (SSSR count). The first-order chi connectivity index (χ1) is 6.02. The van der Waals surface area contributed by atoms with Crippen molar-refractivity contribution in [2.24, 2.45) is 0 Å². The molecule has 1 nitrogen and oxygen atoms in total. The van der Waals surface area contributed by atoms with Gasteiger partial charge < -0.3 is 4.90 Å². The molecular formula is C8H9Br2FNP. The molecule has 0 spiro atoms. The topological polar surface area (TPSA) is 3.24 Å². The quantitative estimate of drug-likeness (QED) is 0.749. The number of benzene rings is 1. The number of halogens is 3. The first kappa shape index (κ1) is 11.4. The third-order valence-corrected chi connectivity index (χ3v) is 4.63. The maximum atomic E-state index is 13.2. The van der Waals surface area contributed by atoms with Crippen LogP contribution in [0, 0.1) is 5.82 Å². The Labute approximate surface area is 94.5 Å². The molecule has 0 N–H and O–H groups in total. The van der Waals surface area contributed by atoms with E-state index in [1.165, 1.54) is 6.07 Å². The molecule has 1 aromatic rings. The molecule has 5 heteroatoms. The second kappa shape index (κ2) is 4.72. The van der Waals surface area contributed by atoms with E-state index in [9.17, 15) is 4.39 Å². The second-order valence-electron chi connectivity index (χ2n) is 2.76. The van der Waals surface area contributed by atoms with E-state index >= 15 is 0 Å². The molecule has 0 bridgehead atoms. The highest BCUT2D eigenvalue weighted by Gasteiger charge is 2.10. The minimum Gasteiger partial charge on any atom is -0.378 e. The van der Waals surface area contributed by atoms with E-state index in [0.29, 0.717) is 5.30 Å². The van der Waals surface area contributed by atoms with Crippen molar-refractivity contribution in [3.05, 3.63) is 24.0 Å². The second-order valence-corrected chi connectivity index (χ2v) is 10.8. The molecule has 0 atom stereocenters. The van der Waals surface area contributed by atoms with Gasteiger partial charge in [-0.05, 0) is 49.2 Å². The monoisotopic (exact) mass is 327 g/mol. The van der Waals surface area contributed by atoms with Crippen LogP contribution in [-0.4, -0.2) is 14.1 Å². The maximum Gasteiger partial charge on any atom is 0.132 e. The summed E-state index contributed by atoms with van der Waals surface area (Å²) in [4.78, 5) is 1.95. The summed E-state index contributed by atoms with van der Waals surface area (Å²) in [7, 11) is 3.86. The lowest BCUT2D eigenvalue weighted by Gasteiger charge is -2.14. The molecule has 0 amide bonds. The average molecular weight is 329 g/mol. The normalized spacial score (nSPS) is 10.6. The minimum atomic E-state index is -0.734. The lowest BCUT2D eigenvalue weighted by Crippen LogP contribution is -2.12. The highest BCUT2D eigenvalue weighted by atomic mass is 79.9. The van der Waals surface area contributed by atoms with Crippen LogP contribution in [0.2, 0.25) is 0 Å². The van der Waals surface area contributed by atoms with E-state index in [2.05, 4.69) is 31.0 Å². The van der Waals surface area contributed by atoms with Crippen molar-refractivity contribution in [2.75, 3.05) is 19.0 Å². The van der Waals surface area contributed by atoms with Crippen molar-refractivity contribution in [2.45, 2.75) is 0 Å². The molecule has 0 heterocycles. The van der Waals surface area contributed by atoms with E-state index in [-0.39, 0.29) is 5.82 Å². The Bertz CT molecular complexity index is 304. The zero-order valence-corrected chi connectivity index (χ0v) is 11.3. The van der Waals surface area contributed by atoms with Crippen molar-refractivity contribution in [1.29, 1.82) is 0 Å². The molecular weight excluding hydrogens is 320 g/mol. The van der Waals surface area contributed by atoms with Gasteiger partial charge in [-0.2, -0.15) is 0 Å². The molecule has 0 radical (unpaired) electrons. The van der Waals surface area contributed by atoms with Crippen LogP contribution in [0.5, 0.6) is 0 Å². The lowest BCUT2D eigenvalue weighted by atomic mass is 10.3. The Kier molecular flexibility index (Phi) is 4.14. The molecule has 0 aliphatic carbocycles. The van der Waals surface area contributed by atoms with Gasteiger partial charge in [0.25, 0.3) is 0 Å². The van der Waals surface area contributed by atoms with Gasteiger partial charge in [-0.25, -0.2) is 4.39 Å². The summed E-state index contributed by atoms with van der Waals surface area (Å²) in [6.07, 6.45) is 0. The fourth-order valence-electron chi connectivity index (χ4n) is 0.909. The van der Waals surface area contributed by atoms with Crippen LogP contribution in [0.1, 0.15) is 0 Å². The zero-order chi connectivity index (χ0) is 10.0. The lowest BCUT2D eigenvalue weighted by molar-refractivity contribution is 0.636. The van der Waals surface area contributed by atoms with Crippen LogP contribution in [0.25, 0.3) is 0 Å². The number of anilines is 1. The van der Waals surface area contributed by atoms with Crippen LogP contribution < -0.4 is 10.2 Å². The summed E-state index contributed by atoms with van der Waals surface area (Å²) >= 11 is 6.68. The highest BCUT2D eigenvalue weighted by Crippen LogP contribution is 2.51. The van der Waals surface area contributed by atoms with Gasteiger partial charge in [-0.1, -0.05) is 0 Å². The fourth-order valence-corrected chi connectivity index (χ4v) is 3.01. The predicted octanol–water partition coefficient (Wildman–Crippen LogP) is 3.62. The summed E-state index contributed by atoms with van der Waals surface area (Å²) in [6.45, 7) is 0. The third kappa shape index (κ3) is 2.90. The average Bonchev–Trinajstić information content (AvgIpc) is 2.04. The standard InChI is InChI=1S/C8H9Br2FNP/c1-12(2)6-3-4-7(11)8(5-6)13(9)10/h3-5H,1-2H3. The summed E-state index contributed by atoms with van der Waals surface area (Å²) in [5, 5.41) is -0.0524. The van der Waals surface area contributed by atoms with Gasteiger partial charge in [0.15, 0.2) is 0 Å². The van der Waals surface area contributed by atoms with Gasteiger partial charge in [-0.15, -0.1) is 0 Å². The van der Waals surface area contributed by atoms with Gasteiger partial charge in [-0.3, -0.25) is 0 Å². The van der Waals surface area contributed by atoms with Crippen molar-refractivity contribution in [3.63, 3.8) is 0 Å². The molecule has 0 aromatic heterocycles. The number of nitrogens with zero attached hydrogens (tertiary/aromatic N) is 1. The molecule has 1 aromatic carbocycles. The van der Waals surface area contributed by atoms with Crippen molar-refractivity contribution >= 4 is 47.3 Å². The molecule has 0 saturated carbocycles. The highest BCUT2D eigenvalue weighted by molar-refractivity contribution is 9.70. The molecule has 72 valence electrons. The van der Waals surface area contributed by atoms with Crippen LogP contribution >= 0.6 is 36.3 Å². The molecule has 13 heavy (non-hydrogen) atoms. The molecule has 0 unspecified atom stereocenters. The zero-order valence-electron chi connectivity index (χ0n) is 7.26. The van der Waals surface area contributed by atoms with Gasteiger partial charge in [0, 0.05) is 25.1 Å². The summed E-state index contributed by atoms with van der Waals surface area (Å²) in [5.41, 5.74) is 1.00. The van der Waals surface area contributed by atoms with E-state index in [1.54, 1.807) is 6.07 Å².